The number of nitrogens with zero attached hydrogens (tertiary/aromatic N) is 1. The first kappa shape index (κ1) is 20.8. The van der Waals surface area contributed by atoms with Crippen LogP contribution in [0, 0.1) is 0 Å². The summed E-state index contributed by atoms with van der Waals surface area (Å²) in [6.45, 7) is 3.10. The van der Waals surface area contributed by atoms with Gasteiger partial charge in [-0.1, -0.05) is 23.7 Å². The smallest absolute Gasteiger partial charge is 0.416 e. The molecule has 0 fully saturated rings. The van der Waals surface area contributed by atoms with Gasteiger partial charge in [-0.3, -0.25) is 4.31 Å². The van der Waals surface area contributed by atoms with Crippen LogP contribution in [0.1, 0.15) is 15.9 Å². The van der Waals surface area contributed by atoms with Crippen LogP contribution in [0.3, 0.4) is 0 Å². The molecule has 0 radical (unpaired) electrons. The minimum absolute atomic E-state index is 0.171. The molecule has 2 aromatic carbocycles. The summed E-state index contributed by atoms with van der Waals surface area (Å²) in [5.74, 6) is -1.44. The van der Waals surface area contributed by atoms with Gasteiger partial charge in [-0.2, -0.15) is 13.2 Å². The van der Waals surface area contributed by atoms with Gasteiger partial charge in [-0.05, 0) is 36.4 Å². The largest absolute Gasteiger partial charge is 0.478 e. The molecule has 10 heteroatoms. The lowest BCUT2D eigenvalue weighted by Gasteiger charge is -2.24. The number of sulfonamides is 1. The average Bonchev–Trinajstić information content (AvgIpc) is 2.58. The first-order valence-electron chi connectivity index (χ1n) is 7.32. The van der Waals surface area contributed by atoms with Gasteiger partial charge < -0.3 is 5.11 Å². The van der Waals surface area contributed by atoms with Crippen LogP contribution in [-0.4, -0.2) is 26.0 Å². The minimum atomic E-state index is -4.66. The molecule has 5 nitrogen and oxygen atoms in total. The number of aromatic carboxylic acids is 1. The summed E-state index contributed by atoms with van der Waals surface area (Å²) in [5.41, 5.74) is -1.71. The topological polar surface area (TPSA) is 74.7 Å². The number of anilines is 1. The second-order valence-corrected chi connectivity index (χ2v) is 7.59. The van der Waals surface area contributed by atoms with Gasteiger partial charge in [0.1, 0.15) is 0 Å². The average molecular weight is 420 g/mol. The number of rotatable bonds is 6. The molecule has 0 saturated heterocycles. The van der Waals surface area contributed by atoms with E-state index >= 15 is 0 Å². The zero-order valence-electron chi connectivity index (χ0n) is 13.6. The molecule has 0 heterocycles. The lowest BCUT2D eigenvalue weighted by Crippen LogP contribution is -2.31. The third-order valence-electron chi connectivity index (χ3n) is 3.51. The Kier molecular flexibility index (Phi) is 5.86. The van der Waals surface area contributed by atoms with Crippen LogP contribution in [0.25, 0.3) is 0 Å². The number of benzene rings is 2. The van der Waals surface area contributed by atoms with Crippen LogP contribution < -0.4 is 4.31 Å². The minimum Gasteiger partial charge on any atom is -0.478 e. The molecular weight excluding hydrogens is 407 g/mol. The molecule has 2 rings (SSSR count). The summed E-state index contributed by atoms with van der Waals surface area (Å²) in [6, 6.07) is 6.80. The van der Waals surface area contributed by atoms with Crippen molar-refractivity contribution in [2.45, 2.75) is 11.1 Å². The zero-order chi connectivity index (χ0) is 20.4. The van der Waals surface area contributed by atoms with Gasteiger partial charge in [0.25, 0.3) is 10.0 Å². The standard InChI is InChI=1S/C17H13ClF3NO4S/c1-2-8-22(12-5-3-4-11(9-12)17(19,20)21)27(25,26)13-6-7-15(18)14(10-13)16(23)24/h2-7,9-10H,1,8H2,(H,23,24). The Morgan fingerprint density at radius 1 is 1.22 bits per heavy atom. The van der Waals surface area contributed by atoms with Crippen LogP contribution in [-0.2, 0) is 16.2 Å². The lowest BCUT2D eigenvalue weighted by atomic mass is 10.2. The molecule has 144 valence electrons. The van der Waals surface area contributed by atoms with Crippen molar-refractivity contribution in [3.63, 3.8) is 0 Å². The van der Waals surface area contributed by atoms with Crippen molar-refractivity contribution in [1.82, 2.24) is 0 Å². The van der Waals surface area contributed by atoms with E-state index in [-0.39, 0.29) is 17.3 Å². The van der Waals surface area contributed by atoms with Crippen LogP contribution in [0.15, 0.2) is 60.0 Å². The van der Waals surface area contributed by atoms with E-state index in [0.29, 0.717) is 10.4 Å². The summed E-state index contributed by atoms with van der Waals surface area (Å²) < 4.78 is 65.4. The normalized spacial score (nSPS) is 11.9. The van der Waals surface area contributed by atoms with Gasteiger partial charge in [0.15, 0.2) is 0 Å². The lowest BCUT2D eigenvalue weighted by molar-refractivity contribution is -0.137. The first-order valence-corrected chi connectivity index (χ1v) is 9.14. The van der Waals surface area contributed by atoms with Gasteiger partial charge in [0.05, 0.1) is 33.3 Å². The number of alkyl halides is 3. The molecule has 2 aromatic rings. The number of halogens is 4. The van der Waals surface area contributed by atoms with Gasteiger partial charge >= 0.3 is 12.1 Å². The second-order valence-electron chi connectivity index (χ2n) is 5.32. The van der Waals surface area contributed by atoms with Gasteiger partial charge in [0, 0.05) is 0 Å². The third kappa shape index (κ3) is 4.42. The number of carbonyl (C=O) groups is 1. The van der Waals surface area contributed by atoms with E-state index in [0.717, 1.165) is 30.3 Å². The quantitative estimate of drug-likeness (QED) is 0.702. The van der Waals surface area contributed by atoms with Crippen molar-refractivity contribution in [1.29, 1.82) is 0 Å². The molecule has 27 heavy (non-hydrogen) atoms. The summed E-state index contributed by atoms with van der Waals surface area (Å²) in [6.07, 6.45) is -3.46. The molecule has 0 bridgehead atoms. The van der Waals surface area contributed by atoms with E-state index in [9.17, 15) is 26.4 Å². The van der Waals surface area contributed by atoms with E-state index in [1.165, 1.54) is 12.1 Å². The van der Waals surface area contributed by atoms with E-state index in [1.54, 1.807) is 0 Å². The molecule has 0 aliphatic heterocycles. The van der Waals surface area contributed by atoms with E-state index < -0.39 is 38.2 Å². The highest BCUT2D eigenvalue weighted by Crippen LogP contribution is 2.33. The van der Waals surface area contributed by atoms with Crippen molar-refractivity contribution in [3.05, 3.63) is 71.3 Å². The molecule has 0 saturated carbocycles. The fraction of sp³-hybridized carbons (Fsp3) is 0.118. The van der Waals surface area contributed by atoms with Gasteiger partial charge in [0.2, 0.25) is 0 Å². The molecule has 1 N–H and O–H groups in total. The fourth-order valence-corrected chi connectivity index (χ4v) is 3.91. The van der Waals surface area contributed by atoms with Crippen molar-refractivity contribution in [3.8, 4) is 0 Å². The summed E-state index contributed by atoms with van der Waals surface area (Å²) in [7, 11) is -4.38. The summed E-state index contributed by atoms with van der Waals surface area (Å²) in [4.78, 5) is 10.8. The Bertz CT molecular complexity index is 990. The highest BCUT2D eigenvalue weighted by molar-refractivity contribution is 7.92. The van der Waals surface area contributed by atoms with Crippen molar-refractivity contribution in [2.24, 2.45) is 0 Å². The molecular formula is C17H13ClF3NO4S. The van der Waals surface area contributed by atoms with Gasteiger partial charge in [-0.25, -0.2) is 13.2 Å². The Labute approximate surface area is 158 Å². The van der Waals surface area contributed by atoms with E-state index in [2.05, 4.69) is 6.58 Å². The molecule has 0 spiro atoms. The molecule has 0 amide bonds. The second kappa shape index (κ2) is 7.61. The zero-order valence-corrected chi connectivity index (χ0v) is 15.1. The SMILES string of the molecule is C=CCN(c1cccc(C(F)(F)F)c1)S(=O)(=O)c1ccc(Cl)c(C(=O)O)c1. The highest BCUT2D eigenvalue weighted by Gasteiger charge is 2.32. The molecule has 0 unspecified atom stereocenters. The predicted octanol–water partition coefficient (Wildman–Crippen LogP) is 4.44. The van der Waals surface area contributed by atoms with Gasteiger partial charge in [-0.15, -0.1) is 6.58 Å². The molecule has 0 aromatic heterocycles. The Morgan fingerprint density at radius 3 is 2.44 bits per heavy atom. The maximum Gasteiger partial charge on any atom is 0.416 e. The van der Waals surface area contributed by atoms with Crippen molar-refractivity contribution < 1.29 is 31.5 Å². The van der Waals surface area contributed by atoms with Crippen molar-refractivity contribution >= 4 is 33.3 Å². The maximum absolute atomic E-state index is 13.0. The van der Waals surface area contributed by atoms with Crippen LogP contribution in [0.4, 0.5) is 18.9 Å². The number of hydrogen-bond donors (Lipinski definition) is 1. The third-order valence-corrected chi connectivity index (χ3v) is 5.63. The highest BCUT2D eigenvalue weighted by atomic mass is 35.5. The van der Waals surface area contributed by atoms with Crippen molar-refractivity contribution in [2.75, 3.05) is 10.8 Å². The fourth-order valence-electron chi connectivity index (χ4n) is 2.25. The summed E-state index contributed by atoms with van der Waals surface area (Å²) >= 11 is 5.74. The molecule has 0 atom stereocenters. The summed E-state index contributed by atoms with van der Waals surface area (Å²) in [5, 5.41) is 8.94. The number of carboxylic acid groups (broad SMARTS) is 1. The monoisotopic (exact) mass is 419 g/mol. The van der Waals surface area contributed by atoms with Crippen LogP contribution in [0.2, 0.25) is 5.02 Å². The number of hydrogen-bond acceptors (Lipinski definition) is 3. The molecule has 0 aliphatic rings. The predicted molar refractivity (Wildman–Crippen MR) is 94.6 cm³/mol. The maximum atomic E-state index is 13.0. The Morgan fingerprint density at radius 2 is 1.89 bits per heavy atom. The Hall–Kier alpha value is -2.52. The van der Waals surface area contributed by atoms with E-state index in [1.807, 2.05) is 0 Å². The van der Waals surface area contributed by atoms with Crippen LogP contribution >= 0.6 is 11.6 Å². The van der Waals surface area contributed by atoms with E-state index in [4.69, 9.17) is 16.7 Å². The van der Waals surface area contributed by atoms with Crippen LogP contribution in [0.5, 0.6) is 0 Å². The number of carboxylic acids is 1. The first-order chi connectivity index (χ1) is 12.5. The molecule has 0 aliphatic carbocycles. The Balaban J connectivity index is 2.61.